The number of ether oxygens (including phenoxy) is 1. The van der Waals surface area contributed by atoms with Gasteiger partial charge in [0.15, 0.2) is 6.10 Å². The van der Waals surface area contributed by atoms with Gasteiger partial charge in [0.2, 0.25) is 0 Å². The summed E-state index contributed by atoms with van der Waals surface area (Å²) in [6.07, 6.45) is -1.10. The second-order valence-electron chi connectivity index (χ2n) is 5.14. The fourth-order valence-corrected chi connectivity index (χ4v) is 2.57. The van der Waals surface area contributed by atoms with Gasteiger partial charge in [-0.15, -0.1) is 11.8 Å². The van der Waals surface area contributed by atoms with E-state index in [4.69, 9.17) is 4.74 Å². The van der Waals surface area contributed by atoms with Gasteiger partial charge in [-0.25, -0.2) is 4.39 Å². The summed E-state index contributed by atoms with van der Waals surface area (Å²) < 4.78 is 18.5. The number of nitro groups is 1. The summed E-state index contributed by atoms with van der Waals surface area (Å²) >= 11 is 1.12. The zero-order chi connectivity index (χ0) is 19.1. The Kier molecular flexibility index (Phi) is 6.67. The molecule has 136 valence electrons. The first kappa shape index (κ1) is 19.4. The molecule has 0 saturated heterocycles. The number of carbonyl (C=O) groups is 2. The van der Waals surface area contributed by atoms with E-state index in [1.54, 1.807) is 6.07 Å². The number of nitrogens with one attached hydrogen (secondary N) is 1. The zero-order valence-electron chi connectivity index (χ0n) is 13.7. The first-order chi connectivity index (χ1) is 12.4. The molecule has 1 N–H and O–H groups in total. The summed E-state index contributed by atoms with van der Waals surface area (Å²) in [5, 5.41) is 12.9. The number of hydrogen-bond donors (Lipinski definition) is 1. The second kappa shape index (κ2) is 8.95. The average Bonchev–Trinajstić information content (AvgIpc) is 2.62. The average molecular weight is 378 g/mol. The van der Waals surface area contributed by atoms with Crippen molar-refractivity contribution in [1.82, 2.24) is 0 Å². The second-order valence-corrected chi connectivity index (χ2v) is 6.19. The number of hydrogen-bond acceptors (Lipinski definition) is 6. The van der Waals surface area contributed by atoms with Crippen molar-refractivity contribution in [1.29, 1.82) is 0 Å². The van der Waals surface area contributed by atoms with E-state index in [2.05, 4.69) is 5.32 Å². The van der Waals surface area contributed by atoms with Gasteiger partial charge in [0.05, 0.1) is 16.4 Å². The first-order valence-electron chi connectivity index (χ1n) is 7.49. The molecule has 1 amide bonds. The lowest BCUT2D eigenvalue weighted by Crippen LogP contribution is -2.30. The summed E-state index contributed by atoms with van der Waals surface area (Å²) in [5.74, 6) is -1.95. The molecule has 0 aliphatic rings. The third-order valence-corrected chi connectivity index (χ3v) is 4.20. The fourth-order valence-electron chi connectivity index (χ4n) is 1.89. The van der Waals surface area contributed by atoms with Crippen LogP contribution in [0.2, 0.25) is 0 Å². The Balaban J connectivity index is 1.82. The van der Waals surface area contributed by atoms with Crippen LogP contribution in [0.4, 0.5) is 15.8 Å². The van der Waals surface area contributed by atoms with Gasteiger partial charge in [0, 0.05) is 17.0 Å². The van der Waals surface area contributed by atoms with Crippen molar-refractivity contribution in [2.24, 2.45) is 0 Å². The first-order valence-corrected chi connectivity index (χ1v) is 8.47. The quantitative estimate of drug-likeness (QED) is 0.343. The van der Waals surface area contributed by atoms with Gasteiger partial charge in [0.1, 0.15) is 5.82 Å². The largest absolute Gasteiger partial charge is 0.452 e. The minimum absolute atomic E-state index is 0.000605. The summed E-state index contributed by atoms with van der Waals surface area (Å²) in [6.45, 7) is 1.38. The van der Waals surface area contributed by atoms with Crippen LogP contribution in [0.1, 0.15) is 6.92 Å². The van der Waals surface area contributed by atoms with Gasteiger partial charge >= 0.3 is 5.97 Å². The van der Waals surface area contributed by atoms with Crippen molar-refractivity contribution in [2.45, 2.75) is 17.9 Å². The van der Waals surface area contributed by atoms with Crippen LogP contribution in [0, 0.1) is 15.9 Å². The number of esters is 1. The molecule has 0 spiro atoms. The topological polar surface area (TPSA) is 98.5 Å². The number of carbonyl (C=O) groups excluding carboxylic acids is 2. The van der Waals surface area contributed by atoms with E-state index >= 15 is 0 Å². The normalized spacial score (nSPS) is 11.5. The Morgan fingerprint density at radius 2 is 1.88 bits per heavy atom. The maximum absolute atomic E-state index is 13.5. The summed E-state index contributed by atoms with van der Waals surface area (Å²) in [6, 6.07) is 11.4. The molecule has 2 rings (SSSR count). The van der Waals surface area contributed by atoms with Gasteiger partial charge in [-0.1, -0.05) is 12.1 Å². The summed E-state index contributed by atoms with van der Waals surface area (Å²) in [4.78, 5) is 34.5. The number of nitro benzene ring substituents is 1. The van der Waals surface area contributed by atoms with E-state index in [0.717, 1.165) is 11.8 Å². The molecular weight excluding hydrogens is 363 g/mol. The molecule has 0 saturated carbocycles. The van der Waals surface area contributed by atoms with Crippen LogP contribution >= 0.6 is 11.8 Å². The molecule has 0 radical (unpaired) electrons. The maximum atomic E-state index is 13.5. The fraction of sp³-hybridized carbons (Fsp3) is 0.176. The molecular formula is C17H15FN2O5S. The van der Waals surface area contributed by atoms with E-state index in [1.807, 2.05) is 0 Å². The van der Waals surface area contributed by atoms with Gasteiger partial charge < -0.3 is 10.1 Å². The number of amides is 1. The molecule has 2 aromatic carbocycles. The van der Waals surface area contributed by atoms with Crippen LogP contribution in [0.25, 0.3) is 0 Å². The number of non-ortho nitro benzene ring substituents is 1. The standard InChI is InChI=1S/C17H15FN2O5S/c1-11(17(22)19-15-5-3-2-4-14(15)18)25-16(21)10-26-13-8-6-12(7-9-13)20(23)24/h2-9,11H,10H2,1H3,(H,19,22)/t11-/m1/s1. The molecule has 2 aromatic rings. The third-order valence-electron chi connectivity index (χ3n) is 3.21. The smallest absolute Gasteiger partial charge is 0.317 e. The molecule has 0 fully saturated rings. The van der Waals surface area contributed by atoms with Gasteiger partial charge in [-0.05, 0) is 31.2 Å². The zero-order valence-corrected chi connectivity index (χ0v) is 14.5. The lowest BCUT2D eigenvalue weighted by molar-refractivity contribution is -0.384. The molecule has 26 heavy (non-hydrogen) atoms. The SMILES string of the molecule is C[C@@H](OC(=O)CSc1ccc([N+](=O)[O-])cc1)C(=O)Nc1ccccc1F. The number of nitrogens with zero attached hydrogens (tertiary/aromatic N) is 1. The summed E-state index contributed by atoms with van der Waals surface area (Å²) in [7, 11) is 0. The monoisotopic (exact) mass is 378 g/mol. The minimum Gasteiger partial charge on any atom is -0.452 e. The molecule has 0 aliphatic heterocycles. The number of para-hydroxylation sites is 1. The van der Waals surface area contributed by atoms with Crippen molar-refractivity contribution in [3.63, 3.8) is 0 Å². The highest BCUT2D eigenvalue weighted by atomic mass is 32.2. The van der Waals surface area contributed by atoms with Crippen molar-refractivity contribution in [3.8, 4) is 0 Å². The van der Waals surface area contributed by atoms with Crippen LogP contribution in [0.5, 0.6) is 0 Å². The van der Waals surface area contributed by atoms with Crippen molar-refractivity contribution < 1.29 is 23.6 Å². The highest BCUT2D eigenvalue weighted by molar-refractivity contribution is 8.00. The number of thioether (sulfide) groups is 1. The molecule has 0 bridgehead atoms. The third kappa shape index (κ3) is 5.55. The van der Waals surface area contributed by atoms with Crippen molar-refractivity contribution in [2.75, 3.05) is 11.1 Å². The van der Waals surface area contributed by atoms with Gasteiger partial charge in [-0.3, -0.25) is 19.7 Å². The van der Waals surface area contributed by atoms with E-state index in [-0.39, 0.29) is 17.1 Å². The number of rotatable bonds is 7. The van der Waals surface area contributed by atoms with Crippen molar-refractivity contribution in [3.05, 3.63) is 64.5 Å². The van der Waals surface area contributed by atoms with E-state index < -0.39 is 28.7 Å². The maximum Gasteiger partial charge on any atom is 0.317 e. The molecule has 0 unspecified atom stereocenters. The van der Waals surface area contributed by atoms with Crippen LogP contribution in [-0.2, 0) is 14.3 Å². The number of benzene rings is 2. The molecule has 0 aliphatic carbocycles. The number of anilines is 1. The minimum atomic E-state index is -1.10. The number of halogens is 1. The Labute approximate surface area is 152 Å². The Morgan fingerprint density at radius 3 is 2.50 bits per heavy atom. The van der Waals surface area contributed by atoms with Gasteiger partial charge in [-0.2, -0.15) is 0 Å². The molecule has 0 heterocycles. The van der Waals surface area contributed by atoms with E-state index in [9.17, 15) is 24.1 Å². The lowest BCUT2D eigenvalue weighted by atomic mass is 10.3. The van der Waals surface area contributed by atoms with Crippen LogP contribution < -0.4 is 5.32 Å². The summed E-state index contributed by atoms with van der Waals surface area (Å²) in [5.41, 5.74) is -0.0454. The van der Waals surface area contributed by atoms with Crippen LogP contribution in [-0.4, -0.2) is 28.7 Å². The van der Waals surface area contributed by atoms with Crippen molar-refractivity contribution >= 4 is 35.0 Å². The van der Waals surface area contributed by atoms with Gasteiger partial charge in [0.25, 0.3) is 11.6 Å². The highest BCUT2D eigenvalue weighted by Crippen LogP contribution is 2.21. The molecule has 7 nitrogen and oxygen atoms in total. The molecule has 9 heteroatoms. The Morgan fingerprint density at radius 1 is 1.23 bits per heavy atom. The molecule has 0 aromatic heterocycles. The Bertz CT molecular complexity index is 813. The van der Waals surface area contributed by atoms with Crippen LogP contribution in [0.3, 0.4) is 0 Å². The highest BCUT2D eigenvalue weighted by Gasteiger charge is 2.19. The Hall–Kier alpha value is -2.94. The van der Waals surface area contributed by atoms with Crippen LogP contribution in [0.15, 0.2) is 53.4 Å². The van der Waals surface area contributed by atoms with E-state index in [1.165, 1.54) is 49.4 Å². The predicted molar refractivity (Wildman–Crippen MR) is 94.4 cm³/mol. The predicted octanol–water partition coefficient (Wildman–Crippen LogP) is 3.40. The van der Waals surface area contributed by atoms with E-state index in [0.29, 0.717) is 4.90 Å². The lowest BCUT2D eigenvalue weighted by Gasteiger charge is -2.13. The molecule has 1 atom stereocenters.